The number of hydrogen-bond donors (Lipinski definition) is 7. The molecule has 0 saturated heterocycles. The molecule has 13 N–H and O–H groups in total. The molecule has 0 spiro atoms. The predicted molar refractivity (Wildman–Crippen MR) is 150 cm³/mol. The van der Waals surface area contributed by atoms with Gasteiger partial charge < -0.3 is 44.5 Å². The first-order chi connectivity index (χ1) is 17.3. The number of primary amides is 1. The number of nitrogens with one attached hydrogen (secondary N) is 1. The summed E-state index contributed by atoms with van der Waals surface area (Å²) in [5, 5.41) is 2.92. The van der Waals surface area contributed by atoms with E-state index in [1.807, 2.05) is 32.9 Å². The number of ether oxygens (including phenoxy) is 1. The van der Waals surface area contributed by atoms with Crippen molar-refractivity contribution in [1.82, 2.24) is 0 Å². The molecule has 0 aromatic heterocycles. The first kappa shape index (κ1) is 29.1. The number of carbonyl (C=O) groups is 2. The Kier molecular flexibility index (Phi) is 10.0. The predicted octanol–water partition coefficient (Wildman–Crippen LogP) is 0.935. The van der Waals surface area contributed by atoms with Crippen LogP contribution in [0, 0.1) is 0 Å². The minimum absolute atomic E-state index is 0.00386. The molecule has 13 heteroatoms. The fraction of sp³-hybridized carbons (Fsp3) is 0.333. The summed E-state index contributed by atoms with van der Waals surface area (Å²) in [5.74, 6) is -0.464. The van der Waals surface area contributed by atoms with Crippen LogP contribution in [0.4, 0.5) is 11.4 Å². The number of nitrogen functional groups attached to an aromatic ring is 1. The Morgan fingerprint density at radius 1 is 0.919 bits per heavy atom. The maximum atomic E-state index is 13.3. The smallest absolute Gasteiger partial charge is 0.255 e. The number of benzene rings is 2. The number of nitrogens with two attached hydrogens (primary N) is 6. The van der Waals surface area contributed by atoms with Crippen molar-refractivity contribution in [1.29, 1.82) is 0 Å². The average molecular weight is 530 g/mol. The highest BCUT2D eigenvalue weighted by Gasteiger charge is 2.20. The molecule has 0 unspecified atom stereocenters. The first-order valence-corrected chi connectivity index (χ1v) is 12.3. The van der Waals surface area contributed by atoms with Crippen molar-refractivity contribution in [2.75, 3.05) is 36.5 Å². The van der Waals surface area contributed by atoms with Crippen molar-refractivity contribution in [3.8, 4) is 5.75 Å². The van der Waals surface area contributed by atoms with Crippen LogP contribution < -0.4 is 44.5 Å². The highest BCUT2D eigenvalue weighted by molar-refractivity contribution is 7.99. The Morgan fingerprint density at radius 3 is 2.14 bits per heavy atom. The molecule has 37 heavy (non-hydrogen) atoms. The normalized spacial score (nSPS) is 10.9. The summed E-state index contributed by atoms with van der Waals surface area (Å²) >= 11 is 1.41. The minimum atomic E-state index is -0.710. The lowest BCUT2D eigenvalue weighted by atomic mass is 9.86. The number of thioether (sulfide) groups is 1. The summed E-state index contributed by atoms with van der Waals surface area (Å²) in [4.78, 5) is 33.7. The van der Waals surface area contributed by atoms with Gasteiger partial charge in [-0.3, -0.25) is 19.6 Å². The molecule has 12 nitrogen and oxygen atoms in total. The van der Waals surface area contributed by atoms with Gasteiger partial charge in [0, 0.05) is 22.6 Å². The Balaban J connectivity index is 2.39. The van der Waals surface area contributed by atoms with Crippen molar-refractivity contribution in [3.05, 3.63) is 47.0 Å². The number of hydrogen-bond acceptors (Lipinski definition) is 7. The molecular formula is C24H35N9O3S. The Bertz CT molecular complexity index is 1200. The molecule has 0 fully saturated rings. The van der Waals surface area contributed by atoms with Crippen molar-refractivity contribution in [2.24, 2.45) is 38.7 Å². The quantitative estimate of drug-likeness (QED) is 0.0719. The van der Waals surface area contributed by atoms with E-state index in [2.05, 4.69) is 15.3 Å². The maximum Gasteiger partial charge on any atom is 0.255 e. The number of guanidine groups is 2. The van der Waals surface area contributed by atoms with Crippen LogP contribution in [-0.2, 0) is 5.41 Å². The van der Waals surface area contributed by atoms with Crippen molar-refractivity contribution in [3.63, 3.8) is 0 Å². The van der Waals surface area contributed by atoms with E-state index in [-0.39, 0.29) is 47.4 Å². The van der Waals surface area contributed by atoms with Gasteiger partial charge in [-0.2, -0.15) is 0 Å². The monoisotopic (exact) mass is 529 g/mol. The number of rotatable bonds is 11. The van der Waals surface area contributed by atoms with Crippen molar-refractivity contribution >= 4 is 46.9 Å². The van der Waals surface area contributed by atoms with E-state index < -0.39 is 11.8 Å². The summed E-state index contributed by atoms with van der Waals surface area (Å²) in [6.07, 6.45) is 0. The second-order valence-corrected chi connectivity index (χ2v) is 10.2. The molecule has 2 amide bonds. The van der Waals surface area contributed by atoms with Gasteiger partial charge in [-0.1, -0.05) is 20.8 Å². The molecule has 0 bridgehead atoms. The van der Waals surface area contributed by atoms with Crippen molar-refractivity contribution in [2.45, 2.75) is 31.1 Å². The topological polar surface area (TPSA) is 236 Å². The van der Waals surface area contributed by atoms with Gasteiger partial charge in [0.2, 0.25) is 5.91 Å². The third kappa shape index (κ3) is 9.11. The summed E-state index contributed by atoms with van der Waals surface area (Å²) in [7, 11) is 0. The van der Waals surface area contributed by atoms with Gasteiger partial charge in [0.05, 0.1) is 23.7 Å². The lowest BCUT2D eigenvalue weighted by Crippen LogP contribution is -2.23. The molecule has 0 heterocycles. The maximum absolute atomic E-state index is 13.3. The summed E-state index contributed by atoms with van der Waals surface area (Å²) in [6.45, 7) is 6.83. The third-order valence-electron chi connectivity index (χ3n) is 4.97. The van der Waals surface area contributed by atoms with Gasteiger partial charge >= 0.3 is 0 Å². The fourth-order valence-corrected chi connectivity index (χ4v) is 4.03. The second-order valence-electron chi connectivity index (χ2n) is 9.07. The zero-order valence-corrected chi connectivity index (χ0v) is 22.0. The van der Waals surface area contributed by atoms with E-state index in [0.29, 0.717) is 28.6 Å². The Hall–Kier alpha value is -4.13. The first-order valence-electron chi connectivity index (χ1n) is 11.3. The molecule has 0 saturated carbocycles. The molecular weight excluding hydrogens is 494 g/mol. The van der Waals surface area contributed by atoms with Crippen LogP contribution in [-0.4, -0.2) is 49.2 Å². The molecule has 2 aromatic carbocycles. The molecule has 2 aromatic rings. The average Bonchev–Trinajstić information content (AvgIpc) is 2.79. The molecule has 0 aliphatic carbocycles. The molecule has 0 radical (unpaired) electrons. The zero-order valence-electron chi connectivity index (χ0n) is 21.2. The SMILES string of the molecule is CC(C)(C)c1cc(N)c(SCCN=C(N)N)c(NC(=O)c2cc(OCCN=C(N)N)cc(C(N)=O)c2)c1. The summed E-state index contributed by atoms with van der Waals surface area (Å²) in [6, 6.07) is 8.09. The zero-order chi connectivity index (χ0) is 27.8. The van der Waals surface area contributed by atoms with E-state index >= 15 is 0 Å². The van der Waals surface area contributed by atoms with Crippen LogP contribution in [0.1, 0.15) is 47.1 Å². The lowest BCUT2D eigenvalue weighted by molar-refractivity contribution is 0.0999. The lowest BCUT2D eigenvalue weighted by Gasteiger charge is -2.23. The van der Waals surface area contributed by atoms with E-state index in [1.165, 1.54) is 30.0 Å². The van der Waals surface area contributed by atoms with Gasteiger partial charge in [-0.15, -0.1) is 11.8 Å². The minimum Gasteiger partial charge on any atom is -0.492 e. The van der Waals surface area contributed by atoms with E-state index in [9.17, 15) is 9.59 Å². The van der Waals surface area contributed by atoms with Crippen LogP contribution in [0.5, 0.6) is 5.75 Å². The van der Waals surface area contributed by atoms with E-state index in [1.54, 1.807) is 0 Å². The Morgan fingerprint density at radius 2 is 1.54 bits per heavy atom. The van der Waals surface area contributed by atoms with Crippen LogP contribution in [0.2, 0.25) is 0 Å². The summed E-state index contributed by atoms with van der Waals surface area (Å²) in [5.41, 5.74) is 35.3. The number of carbonyl (C=O) groups excluding carboxylic acids is 2. The van der Waals surface area contributed by atoms with Gasteiger partial charge in [0.1, 0.15) is 12.4 Å². The number of anilines is 2. The molecule has 0 aliphatic rings. The molecule has 200 valence electrons. The van der Waals surface area contributed by atoms with Crippen LogP contribution >= 0.6 is 11.8 Å². The van der Waals surface area contributed by atoms with Crippen LogP contribution in [0.15, 0.2) is 45.2 Å². The largest absolute Gasteiger partial charge is 0.492 e. The van der Waals surface area contributed by atoms with Gasteiger partial charge in [-0.05, 0) is 41.3 Å². The van der Waals surface area contributed by atoms with Gasteiger partial charge in [-0.25, -0.2) is 0 Å². The fourth-order valence-electron chi connectivity index (χ4n) is 3.15. The van der Waals surface area contributed by atoms with Crippen LogP contribution in [0.3, 0.4) is 0 Å². The second kappa shape index (κ2) is 12.7. The van der Waals surface area contributed by atoms with Crippen molar-refractivity contribution < 1.29 is 14.3 Å². The van der Waals surface area contributed by atoms with Crippen LogP contribution in [0.25, 0.3) is 0 Å². The highest BCUT2D eigenvalue weighted by Crippen LogP contribution is 2.38. The number of aliphatic imine (C=N–C) groups is 2. The van der Waals surface area contributed by atoms with E-state index in [4.69, 9.17) is 39.1 Å². The highest BCUT2D eigenvalue weighted by atomic mass is 32.2. The number of nitrogens with zero attached hydrogens (tertiary/aromatic N) is 2. The molecule has 0 atom stereocenters. The van der Waals surface area contributed by atoms with Gasteiger partial charge in [0.25, 0.3) is 5.91 Å². The molecule has 2 rings (SSSR count). The van der Waals surface area contributed by atoms with Gasteiger partial charge in [0.15, 0.2) is 11.9 Å². The third-order valence-corrected chi connectivity index (χ3v) is 6.10. The summed E-state index contributed by atoms with van der Waals surface area (Å²) < 4.78 is 5.62. The Labute approximate surface area is 220 Å². The number of amides is 2. The standard InChI is InChI=1S/C24H35N9O3S/c1-24(2,3)15-11-17(25)19(37-7-5-32-23(29)30)18(12-15)33-21(35)14-8-13(20(26)34)9-16(10-14)36-6-4-31-22(27)28/h8-12H,4-7,25H2,1-3H3,(H2,26,34)(H,33,35)(H4,27,28,31)(H4,29,30,32). The molecule has 0 aliphatic heterocycles. The van der Waals surface area contributed by atoms with E-state index in [0.717, 1.165) is 5.56 Å².